The molecule has 0 radical (unpaired) electrons. The summed E-state index contributed by atoms with van der Waals surface area (Å²) < 4.78 is 10.8. The Morgan fingerprint density at radius 3 is 2.92 bits per heavy atom. The van der Waals surface area contributed by atoms with Crippen molar-refractivity contribution in [3.8, 4) is 0 Å². The molecule has 2 aromatic carbocycles. The Bertz CT molecular complexity index is 860. The average Bonchev–Trinajstić information content (AvgIpc) is 3.03. The molecule has 1 heterocycles. The van der Waals surface area contributed by atoms with Gasteiger partial charge < -0.3 is 14.8 Å². The van der Waals surface area contributed by atoms with Crippen molar-refractivity contribution in [2.75, 3.05) is 6.61 Å². The number of hydrogen-bond acceptors (Lipinski definition) is 4. The van der Waals surface area contributed by atoms with Crippen LogP contribution in [0.15, 0.2) is 54.6 Å². The maximum Gasteiger partial charge on any atom is 0.331 e. The van der Waals surface area contributed by atoms with Gasteiger partial charge in [-0.05, 0) is 34.4 Å². The van der Waals surface area contributed by atoms with E-state index in [9.17, 15) is 9.59 Å². The Morgan fingerprint density at radius 1 is 1.23 bits per heavy atom. The molecule has 1 N–H and O–H groups in total. The smallest absolute Gasteiger partial charge is 0.331 e. The van der Waals surface area contributed by atoms with Crippen molar-refractivity contribution < 1.29 is 19.1 Å². The number of hydrogen-bond donors (Lipinski definition) is 1. The number of carbonyl (C=O) groups is 2. The van der Waals surface area contributed by atoms with Gasteiger partial charge in [-0.15, -0.1) is 0 Å². The van der Waals surface area contributed by atoms with Gasteiger partial charge in [-0.2, -0.15) is 0 Å². The Labute approximate surface area is 151 Å². The molecule has 1 fully saturated rings. The molecule has 2 aliphatic rings. The fourth-order valence-electron chi connectivity index (χ4n) is 3.39. The van der Waals surface area contributed by atoms with Crippen LogP contribution in [0.1, 0.15) is 28.3 Å². The van der Waals surface area contributed by atoms with E-state index in [0.717, 1.165) is 23.1 Å². The number of amides is 1. The first-order valence-corrected chi connectivity index (χ1v) is 8.61. The van der Waals surface area contributed by atoms with Gasteiger partial charge in [0.1, 0.15) is 13.2 Å². The summed E-state index contributed by atoms with van der Waals surface area (Å²) in [5.74, 6) is -0.480. The summed E-state index contributed by atoms with van der Waals surface area (Å²) in [6.45, 7) is 0.372. The van der Waals surface area contributed by atoms with E-state index in [4.69, 9.17) is 9.47 Å². The largest absolute Gasteiger partial charge is 0.458 e. The summed E-state index contributed by atoms with van der Waals surface area (Å²) in [6.07, 6.45) is 3.95. The van der Waals surface area contributed by atoms with Gasteiger partial charge in [0.25, 0.3) is 0 Å². The summed E-state index contributed by atoms with van der Waals surface area (Å²) in [5, 5.41) is 2.99. The van der Waals surface area contributed by atoms with Gasteiger partial charge in [0.2, 0.25) is 5.91 Å². The van der Waals surface area contributed by atoms with E-state index in [1.807, 2.05) is 48.5 Å². The van der Waals surface area contributed by atoms with Gasteiger partial charge in [-0.1, -0.05) is 42.5 Å². The molecule has 1 saturated heterocycles. The van der Waals surface area contributed by atoms with Gasteiger partial charge in [0, 0.05) is 12.5 Å². The van der Waals surface area contributed by atoms with Crippen molar-refractivity contribution >= 4 is 18.0 Å². The summed E-state index contributed by atoms with van der Waals surface area (Å²) in [6, 6.07) is 15.4. The lowest BCUT2D eigenvalue weighted by Gasteiger charge is -2.27. The van der Waals surface area contributed by atoms with E-state index >= 15 is 0 Å². The molecule has 0 saturated carbocycles. The van der Waals surface area contributed by atoms with Gasteiger partial charge in [0.05, 0.1) is 12.1 Å². The van der Waals surface area contributed by atoms with E-state index in [-0.39, 0.29) is 37.2 Å². The lowest BCUT2D eigenvalue weighted by atomic mass is 10.0. The maximum absolute atomic E-state index is 11.9. The normalized spacial score (nSPS) is 21.2. The second-order valence-corrected chi connectivity index (χ2v) is 6.48. The van der Waals surface area contributed by atoms with Crippen LogP contribution in [-0.2, 0) is 32.1 Å². The highest BCUT2D eigenvalue weighted by Crippen LogP contribution is 2.35. The first-order valence-electron chi connectivity index (χ1n) is 8.61. The maximum atomic E-state index is 11.9. The Balaban J connectivity index is 1.41. The first kappa shape index (κ1) is 16.5. The molecular weight excluding hydrogens is 330 g/mol. The van der Waals surface area contributed by atoms with Gasteiger partial charge >= 0.3 is 5.97 Å². The van der Waals surface area contributed by atoms with Crippen molar-refractivity contribution in [1.82, 2.24) is 5.32 Å². The summed E-state index contributed by atoms with van der Waals surface area (Å²) in [4.78, 5) is 23.5. The number of ether oxygens (including phenoxy) is 2. The fraction of sp³-hybridized carbons (Fsp3) is 0.238. The number of rotatable bonds is 4. The highest BCUT2D eigenvalue weighted by atomic mass is 16.5. The fourth-order valence-corrected chi connectivity index (χ4v) is 3.39. The van der Waals surface area contributed by atoms with Crippen molar-refractivity contribution in [3.05, 3.63) is 76.9 Å². The number of esters is 1. The Kier molecular flexibility index (Phi) is 4.54. The topological polar surface area (TPSA) is 64.6 Å². The van der Waals surface area contributed by atoms with Crippen LogP contribution in [0.2, 0.25) is 0 Å². The molecule has 1 aliphatic carbocycles. The average molecular weight is 349 g/mol. The highest BCUT2D eigenvalue weighted by Gasteiger charge is 2.37. The third-order valence-corrected chi connectivity index (χ3v) is 4.68. The molecule has 1 aliphatic heterocycles. The lowest BCUT2D eigenvalue weighted by molar-refractivity contribution is -0.139. The molecule has 26 heavy (non-hydrogen) atoms. The molecule has 2 unspecified atom stereocenters. The summed E-state index contributed by atoms with van der Waals surface area (Å²) in [7, 11) is 0. The molecular formula is C21H19NO4. The monoisotopic (exact) mass is 349 g/mol. The first-order chi connectivity index (χ1) is 12.7. The summed E-state index contributed by atoms with van der Waals surface area (Å²) in [5.41, 5.74) is 4.07. The van der Waals surface area contributed by atoms with Crippen LogP contribution >= 0.6 is 0 Å². The third-order valence-electron chi connectivity index (χ3n) is 4.68. The molecule has 5 heteroatoms. The minimum absolute atomic E-state index is 0.00207. The number of nitrogens with one attached hydrogen (secondary N) is 1. The number of fused-ring (bicyclic) bond motifs is 3. The molecule has 2 atom stereocenters. The zero-order chi connectivity index (χ0) is 17.9. The van der Waals surface area contributed by atoms with Crippen LogP contribution in [0.4, 0.5) is 0 Å². The van der Waals surface area contributed by atoms with Crippen LogP contribution in [-0.4, -0.2) is 24.6 Å². The van der Waals surface area contributed by atoms with Crippen LogP contribution < -0.4 is 5.32 Å². The minimum atomic E-state index is -0.387. The van der Waals surface area contributed by atoms with E-state index in [1.54, 1.807) is 6.08 Å². The SMILES string of the molecule is O=C1COC2Cc3ccc(/C=C/C(=O)OCc4ccccc4)cc3C2N1. The van der Waals surface area contributed by atoms with E-state index < -0.39 is 0 Å². The molecule has 0 spiro atoms. The van der Waals surface area contributed by atoms with Crippen molar-refractivity contribution in [1.29, 1.82) is 0 Å². The second-order valence-electron chi connectivity index (χ2n) is 6.48. The molecule has 5 nitrogen and oxygen atoms in total. The molecule has 4 rings (SSSR count). The van der Waals surface area contributed by atoms with Gasteiger partial charge in [-0.25, -0.2) is 4.79 Å². The van der Waals surface area contributed by atoms with Gasteiger partial charge in [0.15, 0.2) is 0 Å². The number of benzene rings is 2. The van der Waals surface area contributed by atoms with Gasteiger partial charge in [-0.3, -0.25) is 4.79 Å². The second kappa shape index (κ2) is 7.14. The van der Waals surface area contributed by atoms with Crippen LogP contribution in [0.3, 0.4) is 0 Å². The highest BCUT2D eigenvalue weighted by molar-refractivity contribution is 5.87. The van der Waals surface area contributed by atoms with Crippen LogP contribution in [0.5, 0.6) is 0 Å². The zero-order valence-electron chi connectivity index (χ0n) is 14.2. The minimum Gasteiger partial charge on any atom is -0.458 e. The Morgan fingerprint density at radius 2 is 2.08 bits per heavy atom. The predicted molar refractivity (Wildman–Crippen MR) is 96.0 cm³/mol. The standard InChI is InChI=1S/C21H19NO4/c23-19-13-25-18-11-16-8-6-14(10-17(16)21(18)22-19)7-9-20(24)26-12-15-4-2-1-3-5-15/h1-10,18,21H,11-13H2,(H,22,23)/b9-7+. The van der Waals surface area contributed by atoms with Crippen molar-refractivity contribution in [2.24, 2.45) is 0 Å². The molecule has 1 amide bonds. The van der Waals surface area contributed by atoms with Crippen molar-refractivity contribution in [3.63, 3.8) is 0 Å². The molecule has 0 bridgehead atoms. The number of carbonyl (C=O) groups excluding carboxylic acids is 2. The molecule has 0 aromatic heterocycles. The third kappa shape index (κ3) is 3.53. The molecule has 132 valence electrons. The quantitative estimate of drug-likeness (QED) is 0.681. The van der Waals surface area contributed by atoms with Crippen molar-refractivity contribution in [2.45, 2.75) is 25.2 Å². The van der Waals surface area contributed by atoms with Crippen LogP contribution in [0, 0.1) is 0 Å². The zero-order valence-corrected chi connectivity index (χ0v) is 14.2. The summed E-state index contributed by atoms with van der Waals surface area (Å²) >= 11 is 0. The van der Waals surface area contributed by atoms with E-state index in [0.29, 0.717) is 0 Å². The van der Waals surface area contributed by atoms with E-state index in [2.05, 4.69) is 5.32 Å². The Hall–Kier alpha value is -2.92. The predicted octanol–water partition coefficient (Wildman–Crippen LogP) is 2.56. The molecule has 2 aromatic rings. The lowest BCUT2D eigenvalue weighted by Crippen LogP contribution is -2.43. The van der Waals surface area contributed by atoms with E-state index in [1.165, 1.54) is 11.6 Å². The number of morpholine rings is 1. The van der Waals surface area contributed by atoms with Crippen LogP contribution in [0.25, 0.3) is 6.08 Å².